The standard InChI is InChI=1S/C29H28F2N3O5/c1-3-19(2)33-29(38)25-27(39-18-20-9-5-4-6-10-20)26(36)23(17-34(25)13-7-8-14-35)28(37)32-16-21-11-12-22(30)15-24(21)31/h3-13,15,17,19,35H,1,14,16,18H2,2H3,(H,32,37)(H,33,38)/t19-/m0/s1. The minimum Gasteiger partial charge on any atom is -0.483 e. The number of carbonyl (C=O) groups excluding carboxylic acids is 2. The van der Waals surface area contributed by atoms with Gasteiger partial charge in [-0.3, -0.25) is 14.4 Å². The van der Waals surface area contributed by atoms with E-state index in [9.17, 15) is 23.2 Å². The largest absolute Gasteiger partial charge is 0.483 e. The molecule has 1 heterocycles. The lowest BCUT2D eigenvalue weighted by molar-refractivity contribution is 0.0923. The summed E-state index contributed by atoms with van der Waals surface area (Å²) in [5.74, 6) is -3.55. The number of rotatable bonds is 12. The number of carbonyl (C=O) groups is 2. The molecule has 10 heteroatoms. The lowest BCUT2D eigenvalue weighted by Crippen LogP contribution is -2.36. The Hall–Kier alpha value is -4.57. The van der Waals surface area contributed by atoms with E-state index in [0.29, 0.717) is 11.6 Å². The van der Waals surface area contributed by atoms with Crippen LogP contribution in [0.15, 0.2) is 78.3 Å². The van der Waals surface area contributed by atoms with Gasteiger partial charge in [-0.15, -0.1) is 6.58 Å². The molecule has 3 rings (SSSR count). The highest BCUT2D eigenvalue weighted by molar-refractivity contribution is 5.99. The van der Waals surface area contributed by atoms with Gasteiger partial charge in [0, 0.05) is 43.0 Å². The highest BCUT2D eigenvalue weighted by Crippen LogP contribution is 2.19. The lowest BCUT2D eigenvalue weighted by atomic mass is 10.1. The fourth-order valence-corrected chi connectivity index (χ4v) is 3.46. The van der Waals surface area contributed by atoms with Crippen LogP contribution in [0.3, 0.4) is 0 Å². The summed E-state index contributed by atoms with van der Waals surface area (Å²) < 4.78 is 34.3. The van der Waals surface area contributed by atoms with Crippen LogP contribution in [0, 0.1) is 18.1 Å². The molecule has 0 fully saturated rings. The summed E-state index contributed by atoms with van der Waals surface area (Å²) in [5, 5.41) is 14.3. The van der Waals surface area contributed by atoms with Gasteiger partial charge < -0.3 is 25.0 Å². The summed E-state index contributed by atoms with van der Waals surface area (Å²) in [5.41, 5.74) is -0.719. The molecule has 1 radical (unpaired) electrons. The van der Waals surface area contributed by atoms with Crippen molar-refractivity contribution in [3.05, 3.63) is 124 Å². The minimum absolute atomic E-state index is 0.0116. The third-order valence-electron chi connectivity index (χ3n) is 5.53. The van der Waals surface area contributed by atoms with Crippen molar-refractivity contribution in [1.29, 1.82) is 0 Å². The summed E-state index contributed by atoms with van der Waals surface area (Å²) in [4.78, 5) is 39.8. The Balaban J connectivity index is 2.07. The topological polar surface area (TPSA) is 110 Å². The zero-order valence-electron chi connectivity index (χ0n) is 21.2. The molecule has 0 unspecified atom stereocenters. The molecule has 203 valence electrons. The molecule has 0 bridgehead atoms. The van der Waals surface area contributed by atoms with Crippen LogP contribution in [0.5, 0.6) is 5.75 Å². The lowest BCUT2D eigenvalue weighted by Gasteiger charge is -2.18. The highest BCUT2D eigenvalue weighted by Gasteiger charge is 2.26. The van der Waals surface area contributed by atoms with Gasteiger partial charge in [0.15, 0.2) is 11.4 Å². The quantitative estimate of drug-likeness (QED) is 0.307. The van der Waals surface area contributed by atoms with Gasteiger partial charge in [-0.1, -0.05) is 48.6 Å². The van der Waals surface area contributed by atoms with E-state index in [-0.39, 0.29) is 42.3 Å². The first-order valence-electron chi connectivity index (χ1n) is 12.0. The maximum absolute atomic E-state index is 14.1. The van der Waals surface area contributed by atoms with Crippen molar-refractivity contribution in [2.24, 2.45) is 0 Å². The van der Waals surface area contributed by atoms with Crippen LogP contribution < -0.4 is 20.8 Å². The van der Waals surface area contributed by atoms with Crippen molar-refractivity contribution in [3.63, 3.8) is 0 Å². The summed E-state index contributed by atoms with van der Waals surface area (Å²) >= 11 is 0. The van der Waals surface area contributed by atoms with E-state index in [1.165, 1.54) is 35.4 Å². The number of aliphatic hydroxyl groups excluding tert-OH is 1. The van der Waals surface area contributed by atoms with E-state index < -0.39 is 34.9 Å². The van der Waals surface area contributed by atoms with Gasteiger partial charge in [0.05, 0.1) is 6.61 Å². The second-order valence-electron chi connectivity index (χ2n) is 8.41. The smallest absolute Gasteiger partial charge is 0.272 e. The molecule has 0 aliphatic carbocycles. The van der Waals surface area contributed by atoms with Crippen LogP contribution in [-0.4, -0.2) is 34.1 Å². The first-order chi connectivity index (χ1) is 18.7. The Bertz CT molecular complexity index is 1420. The van der Waals surface area contributed by atoms with Crippen molar-refractivity contribution >= 4 is 18.0 Å². The molecule has 2 amide bonds. The molecule has 0 aliphatic rings. The average molecular weight is 537 g/mol. The summed E-state index contributed by atoms with van der Waals surface area (Å²) in [7, 11) is 0. The zero-order valence-corrected chi connectivity index (χ0v) is 21.2. The number of aliphatic hydroxyl groups is 1. The SMILES string of the molecule is C=C[C@H](C)NC(=O)c1c(OCc2ccccc2)c(=O)c(C(=O)NCc2ccc(F)cc2F)cn1C=C[CH]CO. The van der Waals surface area contributed by atoms with Crippen molar-refractivity contribution in [3.8, 4) is 5.75 Å². The Morgan fingerprint density at radius 1 is 1.15 bits per heavy atom. The molecule has 1 atom stereocenters. The van der Waals surface area contributed by atoms with Gasteiger partial charge >= 0.3 is 0 Å². The van der Waals surface area contributed by atoms with Crippen molar-refractivity contribution in [2.45, 2.75) is 26.1 Å². The van der Waals surface area contributed by atoms with Crippen molar-refractivity contribution < 1.29 is 28.2 Å². The van der Waals surface area contributed by atoms with Crippen molar-refractivity contribution in [2.75, 3.05) is 6.61 Å². The summed E-state index contributed by atoms with van der Waals surface area (Å²) in [6.45, 7) is 4.63. The first kappa shape index (κ1) is 29.0. The molecule has 8 nitrogen and oxygen atoms in total. The fraction of sp³-hybridized carbons (Fsp3) is 0.172. The number of nitrogens with one attached hydrogen (secondary N) is 2. The number of nitrogens with zero attached hydrogens (tertiary/aromatic N) is 1. The highest BCUT2D eigenvalue weighted by atomic mass is 19.1. The Morgan fingerprint density at radius 2 is 1.90 bits per heavy atom. The molecule has 3 N–H and O–H groups in total. The first-order valence-corrected chi connectivity index (χ1v) is 12.0. The molecule has 39 heavy (non-hydrogen) atoms. The maximum atomic E-state index is 14.1. The number of amides is 2. The van der Waals surface area contributed by atoms with Crippen LogP contribution in [0.25, 0.3) is 6.20 Å². The third kappa shape index (κ3) is 7.71. The van der Waals surface area contributed by atoms with Crippen LogP contribution in [-0.2, 0) is 13.2 Å². The van der Waals surface area contributed by atoms with Crippen LogP contribution in [0.4, 0.5) is 8.78 Å². The third-order valence-corrected chi connectivity index (χ3v) is 5.53. The molecule has 0 spiro atoms. The predicted octanol–water partition coefficient (Wildman–Crippen LogP) is 3.61. The van der Waals surface area contributed by atoms with Crippen LogP contribution in [0.1, 0.15) is 38.9 Å². The summed E-state index contributed by atoms with van der Waals surface area (Å²) in [6, 6.07) is 11.4. The number of halogens is 2. The molecular weight excluding hydrogens is 508 g/mol. The van der Waals surface area contributed by atoms with Gasteiger partial charge in [-0.2, -0.15) is 0 Å². The second-order valence-corrected chi connectivity index (χ2v) is 8.41. The monoisotopic (exact) mass is 536 g/mol. The molecule has 2 aromatic carbocycles. The number of pyridine rings is 1. The van der Waals surface area contributed by atoms with Gasteiger partial charge in [0.2, 0.25) is 5.43 Å². The second kappa shape index (κ2) is 13.8. The number of hydrogen-bond acceptors (Lipinski definition) is 5. The molecule has 0 saturated heterocycles. The molecule has 1 aromatic heterocycles. The molecule has 3 aromatic rings. The Kier molecular flexibility index (Phi) is 10.3. The van der Waals surface area contributed by atoms with E-state index >= 15 is 0 Å². The Morgan fingerprint density at radius 3 is 2.56 bits per heavy atom. The van der Waals surface area contributed by atoms with Gasteiger partial charge in [0.25, 0.3) is 11.8 Å². The van der Waals surface area contributed by atoms with E-state index in [0.717, 1.165) is 12.3 Å². The van der Waals surface area contributed by atoms with Crippen LogP contribution in [0.2, 0.25) is 0 Å². The zero-order chi connectivity index (χ0) is 28.4. The Labute approximate surface area is 224 Å². The maximum Gasteiger partial charge on any atom is 0.272 e. The number of ether oxygens (including phenoxy) is 1. The van der Waals surface area contributed by atoms with Crippen molar-refractivity contribution in [1.82, 2.24) is 15.2 Å². The van der Waals surface area contributed by atoms with E-state index in [4.69, 9.17) is 9.84 Å². The van der Waals surface area contributed by atoms with E-state index in [1.54, 1.807) is 31.2 Å². The van der Waals surface area contributed by atoms with E-state index in [1.807, 2.05) is 6.07 Å². The average Bonchev–Trinajstić information content (AvgIpc) is 2.92. The predicted molar refractivity (Wildman–Crippen MR) is 143 cm³/mol. The molecule has 0 aliphatic heterocycles. The number of hydrogen-bond donors (Lipinski definition) is 3. The van der Waals surface area contributed by atoms with Crippen LogP contribution >= 0.6 is 0 Å². The van der Waals surface area contributed by atoms with Gasteiger partial charge in [-0.05, 0) is 18.6 Å². The van der Waals surface area contributed by atoms with Gasteiger partial charge in [0.1, 0.15) is 23.8 Å². The number of benzene rings is 2. The number of aromatic nitrogens is 1. The van der Waals surface area contributed by atoms with E-state index in [2.05, 4.69) is 17.2 Å². The van der Waals surface area contributed by atoms with Gasteiger partial charge in [-0.25, -0.2) is 8.78 Å². The minimum atomic E-state index is -0.868. The normalized spacial score (nSPS) is 11.7. The molecular formula is C29H28F2N3O5. The molecule has 0 saturated carbocycles. The summed E-state index contributed by atoms with van der Waals surface area (Å²) in [6.07, 6.45) is 6.82. The fourth-order valence-electron chi connectivity index (χ4n) is 3.46.